The van der Waals surface area contributed by atoms with Crippen molar-refractivity contribution < 1.29 is 9.53 Å². The first-order chi connectivity index (χ1) is 12.2. The number of carbonyl (C=O) groups excluding carboxylic acids is 1. The molecule has 5 heteroatoms. The van der Waals surface area contributed by atoms with Crippen molar-refractivity contribution >= 4 is 5.91 Å². The highest BCUT2D eigenvalue weighted by atomic mass is 16.5. The number of rotatable bonds is 6. The number of hydrogen-bond donors (Lipinski definition) is 1. The van der Waals surface area contributed by atoms with Crippen molar-refractivity contribution in [3.05, 3.63) is 78.8 Å². The van der Waals surface area contributed by atoms with E-state index in [0.717, 1.165) is 16.8 Å². The van der Waals surface area contributed by atoms with Gasteiger partial charge in [-0.2, -0.15) is 0 Å². The first-order valence-electron chi connectivity index (χ1n) is 8.07. The van der Waals surface area contributed by atoms with Gasteiger partial charge in [0.25, 0.3) is 5.91 Å². The number of para-hydroxylation sites is 1. The van der Waals surface area contributed by atoms with Crippen molar-refractivity contribution in [2.75, 3.05) is 0 Å². The lowest BCUT2D eigenvalue weighted by atomic mass is 10.1. The molecular weight excluding hydrogens is 314 g/mol. The molecule has 126 valence electrons. The zero-order valence-corrected chi connectivity index (χ0v) is 13.9. The maximum Gasteiger partial charge on any atom is 0.261 e. The number of nitrogens with zero attached hydrogens (tertiary/aromatic N) is 2. The Balaban J connectivity index is 1.59. The van der Waals surface area contributed by atoms with Gasteiger partial charge in [0.15, 0.2) is 6.10 Å². The number of carbonyl (C=O) groups is 1. The molecule has 25 heavy (non-hydrogen) atoms. The molecule has 1 N–H and O–H groups in total. The van der Waals surface area contributed by atoms with Gasteiger partial charge in [0.05, 0.1) is 5.69 Å². The molecule has 0 aliphatic rings. The van der Waals surface area contributed by atoms with Crippen molar-refractivity contribution in [2.45, 2.75) is 19.6 Å². The predicted octanol–water partition coefficient (Wildman–Crippen LogP) is 3.23. The van der Waals surface area contributed by atoms with Gasteiger partial charge < -0.3 is 10.1 Å². The molecule has 3 aromatic rings. The third kappa shape index (κ3) is 4.64. The molecule has 0 aliphatic heterocycles. The molecule has 0 saturated carbocycles. The van der Waals surface area contributed by atoms with Crippen molar-refractivity contribution in [3.8, 4) is 17.0 Å². The van der Waals surface area contributed by atoms with E-state index in [2.05, 4.69) is 15.3 Å². The summed E-state index contributed by atoms with van der Waals surface area (Å²) in [6, 6.07) is 16.9. The fourth-order valence-corrected chi connectivity index (χ4v) is 2.35. The molecule has 1 aromatic carbocycles. The molecule has 2 aromatic heterocycles. The summed E-state index contributed by atoms with van der Waals surface area (Å²) >= 11 is 0. The summed E-state index contributed by atoms with van der Waals surface area (Å²) in [5.74, 6) is 0.514. The Labute approximate surface area is 146 Å². The second-order valence-corrected chi connectivity index (χ2v) is 5.58. The molecule has 0 spiro atoms. The summed E-state index contributed by atoms with van der Waals surface area (Å²) in [5.41, 5.74) is 2.81. The van der Waals surface area contributed by atoms with Gasteiger partial charge in [-0.05, 0) is 48.9 Å². The van der Waals surface area contributed by atoms with E-state index < -0.39 is 6.10 Å². The van der Waals surface area contributed by atoms with Gasteiger partial charge in [0.1, 0.15) is 5.75 Å². The molecule has 5 nitrogen and oxygen atoms in total. The van der Waals surface area contributed by atoms with Crippen molar-refractivity contribution in [1.29, 1.82) is 0 Å². The van der Waals surface area contributed by atoms with Gasteiger partial charge in [-0.1, -0.05) is 18.2 Å². The van der Waals surface area contributed by atoms with Gasteiger partial charge in [-0.3, -0.25) is 14.8 Å². The first kappa shape index (κ1) is 16.6. The van der Waals surface area contributed by atoms with Crippen LogP contribution in [0.5, 0.6) is 5.75 Å². The average Bonchev–Trinajstić information content (AvgIpc) is 2.68. The predicted molar refractivity (Wildman–Crippen MR) is 95.8 cm³/mol. The Hall–Kier alpha value is -3.21. The Kier molecular flexibility index (Phi) is 5.36. The van der Waals surface area contributed by atoms with Gasteiger partial charge in [0.2, 0.25) is 0 Å². The lowest BCUT2D eigenvalue weighted by molar-refractivity contribution is -0.127. The summed E-state index contributed by atoms with van der Waals surface area (Å²) in [5, 5.41) is 2.89. The minimum atomic E-state index is -0.566. The lowest BCUT2D eigenvalue weighted by Gasteiger charge is -2.14. The number of pyridine rings is 2. The Morgan fingerprint density at radius 1 is 1.08 bits per heavy atom. The van der Waals surface area contributed by atoms with E-state index in [9.17, 15) is 4.79 Å². The smallest absolute Gasteiger partial charge is 0.261 e. The van der Waals surface area contributed by atoms with E-state index in [1.165, 1.54) is 0 Å². The summed E-state index contributed by atoms with van der Waals surface area (Å²) in [6.45, 7) is 2.15. The monoisotopic (exact) mass is 333 g/mol. The summed E-state index contributed by atoms with van der Waals surface area (Å²) < 4.78 is 5.63. The standard InChI is InChI=1S/C20H19N3O2/c1-15(25-18-5-3-2-4-6-18)20(24)23-14-16-7-12-22-19(13-16)17-8-10-21-11-9-17/h2-13,15H,14H2,1H3,(H,23,24)/t15-/m1/s1. The highest BCUT2D eigenvalue weighted by molar-refractivity contribution is 5.80. The number of nitrogens with one attached hydrogen (secondary N) is 1. The van der Waals surface area contributed by atoms with E-state index in [0.29, 0.717) is 12.3 Å². The molecule has 1 atom stereocenters. The molecule has 2 heterocycles. The Morgan fingerprint density at radius 3 is 2.60 bits per heavy atom. The van der Waals surface area contributed by atoms with Crippen molar-refractivity contribution in [1.82, 2.24) is 15.3 Å². The van der Waals surface area contributed by atoms with Crippen LogP contribution in [0, 0.1) is 0 Å². The van der Waals surface area contributed by atoms with Gasteiger partial charge in [-0.15, -0.1) is 0 Å². The Morgan fingerprint density at radius 2 is 1.84 bits per heavy atom. The summed E-state index contributed by atoms with van der Waals surface area (Å²) in [7, 11) is 0. The van der Waals surface area contributed by atoms with Crippen LogP contribution in [0.4, 0.5) is 0 Å². The SMILES string of the molecule is C[C@@H](Oc1ccccc1)C(=O)NCc1ccnc(-c2ccncc2)c1. The van der Waals surface area contributed by atoms with Crippen LogP contribution in [0.3, 0.4) is 0 Å². The van der Waals surface area contributed by atoms with Crippen LogP contribution < -0.4 is 10.1 Å². The normalized spacial score (nSPS) is 11.6. The van der Waals surface area contributed by atoms with E-state index in [1.807, 2.05) is 54.6 Å². The minimum Gasteiger partial charge on any atom is -0.481 e. The molecule has 0 unspecified atom stereocenters. The lowest BCUT2D eigenvalue weighted by Crippen LogP contribution is -2.35. The van der Waals surface area contributed by atoms with Crippen LogP contribution >= 0.6 is 0 Å². The molecule has 0 fully saturated rings. The average molecular weight is 333 g/mol. The number of benzene rings is 1. The van der Waals surface area contributed by atoms with E-state index in [4.69, 9.17) is 4.74 Å². The van der Waals surface area contributed by atoms with E-state index in [1.54, 1.807) is 25.5 Å². The van der Waals surface area contributed by atoms with E-state index in [-0.39, 0.29) is 5.91 Å². The van der Waals surface area contributed by atoms with Crippen LogP contribution in [0.1, 0.15) is 12.5 Å². The topological polar surface area (TPSA) is 64.1 Å². The van der Waals surface area contributed by atoms with Gasteiger partial charge in [0, 0.05) is 30.7 Å². The summed E-state index contributed by atoms with van der Waals surface area (Å²) in [4.78, 5) is 20.6. The first-order valence-corrected chi connectivity index (χ1v) is 8.07. The van der Waals surface area contributed by atoms with Gasteiger partial charge in [-0.25, -0.2) is 0 Å². The van der Waals surface area contributed by atoms with Crippen LogP contribution in [0.2, 0.25) is 0 Å². The quantitative estimate of drug-likeness (QED) is 0.752. The van der Waals surface area contributed by atoms with Crippen molar-refractivity contribution in [3.63, 3.8) is 0 Å². The van der Waals surface area contributed by atoms with Crippen LogP contribution in [0.15, 0.2) is 73.2 Å². The van der Waals surface area contributed by atoms with Crippen molar-refractivity contribution in [2.24, 2.45) is 0 Å². The molecule has 0 aliphatic carbocycles. The fourth-order valence-electron chi connectivity index (χ4n) is 2.35. The number of ether oxygens (including phenoxy) is 1. The molecule has 0 saturated heterocycles. The number of hydrogen-bond acceptors (Lipinski definition) is 4. The molecular formula is C20H19N3O2. The Bertz CT molecular complexity index is 823. The molecule has 1 amide bonds. The number of aromatic nitrogens is 2. The van der Waals surface area contributed by atoms with E-state index >= 15 is 0 Å². The molecule has 0 radical (unpaired) electrons. The third-order valence-corrected chi connectivity index (χ3v) is 3.69. The summed E-state index contributed by atoms with van der Waals surface area (Å²) in [6.07, 6.45) is 4.63. The zero-order valence-electron chi connectivity index (χ0n) is 13.9. The van der Waals surface area contributed by atoms with Crippen LogP contribution in [-0.4, -0.2) is 22.0 Å². The molecule has 3 rings (SSSR count). The van der Waals surface area contributed by atoms with Gasteiger partial charge >= 0.3 is 0 Å². The molecule has 0 bridgehead atoms. The maximum atomic E-state index is 12.2. The largest absolute Gasteiger partial charge is 0.481 e. The second kappa shape index (κ2) is 8.06. The maximum absolute atomic E-state index is 12.2. The third-order valence-electron chi connectivity index (χ3n) is 3.69. The highest BCUT2D eigenvalue weighted by Gasteiger charge is 2.14. The van der Waals surface area contributed by atoms with Crippen LogP contribution in [-0.2, 0) is 11.3 Å². The minimum absolute atomic E-state index is 0.161. The number of amides is 1. The highest BCUT2D eigenvalue weighted by Crippen LogP contribution is 2.16. The van der Waals surface area contributed by atoms with Crippen LogP contribution in [0.25, 0.3) is 11.3 Å². The fraction of sp³-hybridized carbons (Fsp3) is 0.150. The zero-order chi connectivity index (χ0) is 17.5. The second-order valence-electron chi connectivity index (χ2n) is 5.58.